The third-order valence-corrected chi connectivity index (χ3v) is 4.03. The number of aryl methyl sites for hydroxylation is 1. The number of ether oxygens (including phenoxy) is 2. The van der Waals surface area contributed by atoms with E-state index in [0.717, 1.165) is 22.9 Å². The van der Waals surface area contributed by atoms with E-state index in [1.54, 1.807) is 12.3 Å². The molecule has 1 N–H and O–H groups in total. The predicted octanol–water partition coefficient (Wildman–Crippen LogP) is 3.67. The lowest BCUT2D eigenvalue weighted by Crippen LogP contribution is -2.19. The smallest absolute Gasteiger partial charge is 0.344 e. The van der Waals surface area contributed by atoms with Crippen LogP contribution in [-0.4, -0.2) is 30.0 Å². The average molecular weight is 355 g/mol. The number of esters is 1. The molecule has 0 unspecified atom stereocenters. The van der Waals surface area contributed by atoms with Crippen LogP contribution >= 0.6 is 0 Å². The summed E-state index contributed by atoms with van der Waals surface area (Å²) in [6.45, 7) is 1.17. The highest BCUT2D eigenvalue weighted by atomic mass is 19.1. The Morgan fingerprint density at radius 3 is 2.65 bits per heavy atom. The monoisotopic (exact) mass is 355 g/mol. The molecule has 0 aliphatic carbocycles. The van der Waals surface area contributed by atoms with E-state index in [1.807, 2.05) is 25.1 Å². The number of H-pyrrole nitrogens is 1. The van der Waals surface area contributed by atoms with E-state index in [9.17, 15) is 14.0 Å². The van der Waals surface area contributed by atoms with Crippen LogP contribution < -0.4 is 4.74 Å². The maximum atomic E-state index is 13.4. The number of Topliss-reactive ketones (excluding diaryl/α,β-unsaturated/α-hetero) is 1. The third kappa shape index (κ3) is 3.74. The fraction of sp³-hybridized carbons (Fsp3) is 0.200. The first kappa shape index (κ1) is 17.7. The summed E-state index contributed by atoms with van der Waals surface area (Å²) in [4.78, 5) is 27.2. The summed E-state index contributed by atoms with van der Waals surface area (Å²) >= 11 is 0. The van der Waals surface area contributed by atoms with Gasteiger partial charge in [-0.15, -0.1) is 0 Å². The van der Waals surface area contributed by atoms with Crippen molar-refractivity contribution in [1.82, 2.24) is 4.98 Å². The number of aromatic nitrogens is 1. The lowest BCUT2D eigenvalue weighted by atomic mass is 10.1. The lowest BCUT2D eigenvalue weighted by molar-refractivity contribution is -0.144. The van der Waals surface area contributed by atoms with Crippen LogP contribution in [0.4, 0.5) is 4.39 Å². The van der Waals surface area contributed by atoms with Crippen LogP contribution in [0.25, 0.3) is 10.9 Å². The molecule has 5 nitrogen and oxygen atoms in total. The summed E-state index contributed by atoms with van der Waals surface area (Å²) in [6, 6.07) is 11.5. The molecule has 2 aromatic carbocycles. The molecule has 0 fully saturated rings. The van der Waals surface area contributed by atoms with Crippen LogP contribution in [0, 0.1) is 5.82 Å². The number of nitrogens with one attached hydrogen (secondary N) is 1. The lowest BCUT2D eigenvalue weighted by Gasteiger charge is -2.07. The Balaban J connectivity index is 1.59. The second-order valence-corrected chi connectivity index (χ2v) is 5.70. The van der Waals surface area contributed by atoms with Gasteiger partial charge in [0.15, 0.2) is 24.8 Å². The Bertz CT molecular complexity index is 948. The van der Waals surface area contributed by atoms with Crippen molar-refractivity contribution in [2.24, 2.45) is 0 Å². The largest absolute Gasteiger partial charge is 0.479 e. The van der Waals surface area contributed by atoms with Crippen molar-refractivity contribution in [2.75, 3.05) is 13.2 Å². The van der Waals surface area contributed by atoms with Crippen molar-refractivity contribution in [3.05, 3.63) is 65.6 Å². The van der Waals surface area contributed by atoms with Crippen molar-refractivity contribution in [3.63, 3.8) is 0 Å². The Kier molecular flexibility index (Phi) is 5.31. The van der Waals surface area contributed by atoms with E-state index in [4.69, 9.17) is 9.47 Å². The molecule has 0 spiro atoms. The first-order chi connectivity index (χ1) is 12.6. The van der Waals surface area contributed by atoms with E-state index < -0.39 is 25.0 Å². The highest BCUT2D eigenvalue weighted by molar-refractivity contribution is 6.09. The van der Waals surface area contributed by atoms with Crippen molar-refractivity contribution < 1.29 is 23.5 Å². The molecule has 3 rings (SSSR count). The number of benzene rings is 2. The summed E-state index contributed by atoms with van der Waals surface area (Å²) in [5, 5.41) is 0.799. The first-order valence-electron chi connectivity index (χ1n) is 8.25. The Labute approximate surface area is 149 Å². The normalized spacial score (nSPS) is 10.7. The third-order valence-electron chi connectivity index (χ3n) is 4.03. The standard InChI is InChI=1S/C20H18FNO4/c1-2-13-6-5-7-14-15(10-22-20(13)14)17(23)11-26-19(24)12-25-18-9-4-3-8-16(18)21/h3-10,22H,2,11-12H2,1H3. The second-order valence-electron chi connectivity index (χ2n) is 5.70. The number of aromatic amines is 1. The maximum absolute atomic E-state index is 13.4. The zero-order valence-electron chi connectivity index (χ0n) is 14.3. The maximum Gasteiger partial charge on any atom is 0.344 e. The molecule has 3 aromatic rings. The van der Waals surface area contributed by atoms with Gasteiger partial charge in [-0.3, -0.25) is 4.79 Å². The fourth-order valence-electron chi connectivity index (χ4n) is 2.71. The molecule has 26 heavy (non-hydrogen) atoms. The fourth-order valence-corrected chi connectivity index (χ4v) is 2.71. The molecular weight excluding hydrogens is 337 g/mol. The van der Waals surface area contributed by atoms with Gasteiger partial charge in [-0.05, 0) is 24.1 Å². The van der Waals surface area contributed by atoms with Crippen LogP contribution in [-0.2, 0) is 16.0 Å². The van der Waals surface area contributed by atoms with Crippen molar-refractivity contribution in [1.29, 1.82) is 0 Å². The van der Waals surface area contributed by atoms with Gasteiger partial charge in [0.2, 0.25) is 5.78 Å². The summed E-state index contributed by atoms with van der Waals surface area (Å²) in [7, 11) is 0. The van der Waals surface area contributed by atoms with Crippen molar-refractivity contribution in [3.8, 4) is 5.75 Å². The van der Waals surface area contributed by atoms with Crippen LogP contribution in [0.15, 0.2) is 48.7 Å². The van der Waals surface area contributed by atoms with Gasteiger partial charge in [-0.2, -0.15) is 0 Å². The zero-order chi connectivity index (χ0) is 18.5. The number of fused-ring (bicyclic) bond motifs is 1. The first-order valence-corrected chi connectivity index (χ1v) is 8.25. The molecule has 0 radical (unpaired) electrons. The molecule has 1 aromatic heterocycles. The highest BCUT2D eigenvalue weighted by Crippen LogP contribution is 2.22. The zero-order valence-corrected chi connectivity index (χ0v) is 14.3. The Hall–Kier alpha value is -3.15. The van der Waals surface area contributed by atoms with E-state index in [1.165, 1.54) is 18.2 Å². The van der Waals surface area contributed by atoms with E-state index in [2.05, 4.69) is 4.98 Å². The van der Waals surface area contributed by atoms with Crippen LogP contribution in [0.5, 0.6) is 5.75 Å². The number of para-hydroxylation sites is 2. The van der Waals surface area contributed by atoms with E-state index >= 15 is 0 Å². The van der Waals surface area contributed by atoms with E-state index in [-0.39, 0.29) is 11.5 Å². The van der Waals surface area contributed by atoms with Crippen LogP contribution in [0.3, 0.4) is 0 Å². The minimum atomic E-state index is -0.740. The summed E-state index contributed by atoms with van der Waals surface area (Å²) in [6.07, 6.45) is 2.46. The average Bonchev–Trinajstić information content (AvgIpc) is 3.09. The molecule has 0 saturated heterocycles. The number of hydrogen-bond donors (Lipinski definition) is 1. The molecule has 0 amide bonds. The summed E-state index contributed by atoms with van der Waals surface area (Å²) in [5.41, 5.74) is 2.49. The predicted molar refractivity (Wildman–Crippen MR) is 94.9 cm³/mol. The topological polar surface area (TPSA) is 68.4 Å². The number of rotatable bonds is 7. The van der Waals surface area contributed by atoms with Gasteiger partial charge in [0.25, 0.3) is 0 Å². The van der Waals surface area contributed by atoms with E-state index in [0.29, 0.717) is 5.56 Å². The van der Waals surface area contributed by atoms with Gasteiger partial charge >= 0.3 is 5.97 Å². The molecule has 1 heterocycles. The van der Waals surface area contributed by atoms with Gasteiger partial charge in [0, 0.05) is 22.7 Å². The Morgan fingerprint density at radius 2 is 1.88 bits per heavy atom. The van der Waals surface area contributed by atoms with Crippen molar-refractivity contribution >= 4 is 22.7 Å². The SMILES string of the molecule is CCc1cccc2c(C(=O)COC(=O)COc3ccccc3F)c[nH]c12. The number of carbonyl (C=O) groups is 2. The Morgan fingerprint density at radius 1 is 1.08 bits per heavy atom. The molecule has 0 bridgehead atoms. The van der Waals surface area contributed by atoms with Gasteiger partial charge in [-0.1, -0.05) is 37.3 Å². The van der Waals surface area contributed by atoms with Crippen LogP contribution in [0.1, 0.15) is 22.8 Å². The van der Waals surface area contributed by atoms with Gasteiger partial charge in [-0.25, -0.2) is 9.18 Å². The number of carbonyl (C=O) groups excluding carboxylic acids is 2. The molecule has 0 atom stereocenters. The van der Waals surface area contributed by atoms with Gasteiger partial charge < -0.3 is 14.5 Å². The van der Waals surface area contributed by atoms with Gasteiger partial charge in [0.1, 0.15) is 0 Å². The minimum Gasteiger partial charge on any atom is -0.479 e. The van der Waals surface area contributed by atoms with Gasteiger partial charge in [0.05, 0.1) is 0 Å². The summed E-state index contributed by atoms with van der Waals surface area (Å²) < 4.78 is 23.4. The number of hydrogen-bond acceptors (Lipinski definition) is 4. The molecule has 134 valence electrons. The second kappa shape index (κ2) is 7.82. The summed E-state index contributed by atoms with van der Waals surface area (Å²) in [5.74, 6) is -1.67. The molecule has 0 aliphatic rings. The number of ketones is 1. The quantitative estimate of drug-likeness (QED) is 0.519. The molecule has 6 heteroatoms. The van der Waals surface area contributed by atoms with Crippen LogP contribution in [0.2, 0.25) is 0 Å². The highest BCUT2D eigenvalue weighted by Gasteiger charge is 2.16. The molecule has 0 aliphatic heterocycles. The van der Waals surface area contributed by atoms with Crippen molar-refractivity contribution in [2.45, 2.75) is 13.3 Å². The minimum absolute atomic E-state index is 0.0421. The molecular formula is C20H18FNO4. The number of halogens is 1. The molecule has 0 saturated carbocycles.